The molecule has 0 atom stereocenters. The van der Waals surface area contributed by atoms with Crippen LogP contribution in [-0.2, 0) is 17.8 Å². The van der Waals surface area contributed by atoms with E-state index in [1.165, 1.54) is 35.2 Å². The molecule has 9 heteroatoms. The van der Waals surface area contributed by atoms with E-state index in [4.69, 9.17) is 0 Å². The van der Waals surface area contributed by atoms with Gasteiger partial charge in [-0.3, -0.25) is 9.36 Å². The number of aromatic nitrogens is 4. The molecule has 0 aliphatic rings. The van der Waals surface area contributed by atoms with Gasteiger partial charge in [0, 0.05) is 11.1 Å². The molecule has 0 spiro atoms. The Morgan fingerprint density at radius 2 is 2.08 bits per heavy atom. The van der Waals surface area contributed by atoms with E-state index in [9.17, 15) is 9.18 Å². The zero-order chi connectivity index (χ0) is 17.8. The normalized spacial score (nSPS) is 10.8. The minimum absolute atomic E-state index is 0.135. The number of hydrogen-bond acceptors (Lipinski definition) is 6. The third-order valence-corrected chi connectivity index (χ3v) is 4.87. The summed E-state index contributed by atoms with van der Waals surface area (Å²) in [5.41, 5.74) is 1.50. The van der Waals surface area contributed by atoms with Crippen molar-refractivity contribution in [1.29, 1.82) is 0 Å². The summed E-state index contributed by atoms with van der Waals surface area (Å²) >= 11 is 2.95. The number of rotatable bonds is 6. The molecule has 0 saturated heterocycles. The van der Waals surface area contributed by atoms with Crippen LogP contribution in [0.1, 0.15) is 16.5 Å². The van der Waals surface area contributed by atoms with Gasteiger partial charge in [0.25, 0.3) is 0 Å². The SMILES string of the molecule is CSc1nnc(CNC(=O)Cc2csc(C)n2)n1-c1ccc(F)cc1. The van der Waals surface area contributed by atoms with Crippen LogP contribution in [0.2, 0.25) is 0 Å². The van der Waals surface area contributed by atoms with E-state index in [2.05, 4.69) is 20.5 Å². The zero-order valence-corrected chi connectivity index (χ0v) is 15.3. The number of thiazole rings is 1. The molecule has 2 aromatic heterocycles. The number of nitrogens with zero attached hydrogens (tertiary/aromatic N) is 4. The molecule has 1 amide bonds. The van der Waals surface area contributed by atoms with Crippen molar-refractivity contribution >= 4 is 29.0 Å². The Hall–Kier alpha value is -2.26. The van der Waals surface area contributed by atoms with Crippen molar-refractivity contribution in [3.8, 4) is 5.69 Å². The maximum atomic E-state index is 13.2. The van der Waals surface area contributed by atoms with Crippen molar-refractivity contribution in [2.75, 3.05) is 6.26 Å². The minimum atomic E-state index is -0.309. The Balaban J connectivity index is 1.73. The average molecular weight is 377 g/mol. The van der Waals surface area contributed by atoms with Crippen LogP contribution in [0.5, 0.6) is 0 Å². The zero-order valence-electron chi connectivity index (χ0n) is 13.7. The number of nitrogens with one attached hydrogen (secondary N) is 1. The van der Waals surface area contributed by atoms with E-state index < -0.39 is 0 Å². The highest BCUT2D eigenvalue weighted by atomic mass is 32.2. The van der Waals surface area contributed by atoms with Crippen LogP contribution in [0.4, 0.5) is 4.39 Å². The first kappa shape index (κ1) is 17.6. The van der Waals surface area contributed by atoms with Gasteiger partial charge < -0.3 is 5.32 Å². The molecule has 6 nitrogen and oxygen atoms in total. The summed E-state index contributed by atoms with van der Waals surface area (Å²) in [6, 6.07) is 6.07. The van der Waals surface area contributed by atoms with Crippen LogP contribution >= 0.6 is 23.1 Å². The predicted octanol–water partition coefficient (Wildman–Crippen LogP) is 2.75. The predicted molar refractivity (Wildman–Crippen MR) is 95.5 cm³/mol. The molecule has 0 bridgehead atoms. The van der Waals surface area contributed by atoms with Crippen molar-refractivity contribution in [2.45, 2.75) is 25.0 Å². The quantitative estimate of drug-likeness (QED) is 0.669. The summed E-state index contributed by atoms with van der Waals surface area (Å²) in [6.07, 6.45) is 2.11. The summed E-state index contributed by atoms with van der Waals surface area (Å²) < 4.78 is 15.0. The van der Waals surface area contributed by atoms with Gasteiger partial charge >= 0.3 is 0 Å². The fraction of sp³-hybridized carbons (Fsp3) is 0.250. The molecule has 0 fully saturated rings. The van der Waals surface area contributed by atoms with Gasteiger partial charge in [-0.2, -0.15) is 0 Å². The van der Waals surface area contributed by atoms with Crippen molar-refractivity contribution in [1.82, 2.24) is 25.1 Å². The molecule has 0 radical (unpaired) electrons. The third-order valence-electron chi connectivity index (χ3n) is 3.42. The highest BCUT2D eigenvalue weighted by molar-refractivity contribution is 7.98. The summed E-state index contributed by atoms with van der Waals surface area (Å²) in [5, 5.41) is 14.6. The molecule has 0 aliphatic heterocycles. The Labute approximate surface area is 152 Å². The molecule has 0 saturated carbocycles. The maximum Gasteiger partial charge on any atom is 0.226 e. The Morgan fingerprint density at radius 1 is 1.32 bits per heavy atom. The second-order valence-corrected chi connectivity index (χ2v) is 7.06. The van der Waals surface area contributed by atoms with Gasteiger partial charge in [-0.05, 0) is 37.4 Å². The standard InChI is InChI=1S/C16H16FN5OS2/c1-10-19-12(9-25-10)7-15(23)18-8-14-20-21-16(24-2)22(14)13-5-3-11(17)4-6-13/h3-6,9H,7-8H2,1-2H3,(H,18,23). The number of hydrogen-bond donors (Lipinski definition) is 1. The fourth-order valence-electron chi connectivity index (χ4n) is 2.29. The van der Waals surface area contributed by atoms with Crippen LogP contribution in [0.3, 0.4) is 0 Å². The van der Waals surface area contributed by atoms with Gasteiger partial charge in [0.1, 0.15) is 5.82 Å². The summed E-state index contributed by atoms with van der Waals surface area (Å²) in [7, 11) is 0. The molecule has 130 valence electrons. The number of benzene rings is 1. The lowest BCUT2D eigenvalue weighted by molar-refractivity contribution is -0.120. The van der Waals surface area contributed by atoms with Gasteiger partial charge in [-0.15, -0.1) is 21.5 Å². The van der Waals surface area contributed by atoms with Gasteiger partial charge in [0.15, 0.2) is 11.0 Å². The van der Waals surface area contributed by atoms with Crippen LogP contribution in [0, 0.1) is 12.7 Å². The smallest absolute Gasteiger partial charge is 0.226 e. The van der Waals surface area contributed by atoms with Gasteiger partial charge in [0.2, 0.25) is 5.91 Å². The first-order valence-electron chi connectivity index (χ1n) is 7.48. The lowest BCUT2D eigenvalue weighted by Crippen LogP contribution is -2.26. The van der Waals surface area contributed by atoms with Crippen LogP contribution < -0.4 is 5.32 Å². The first-order valence-corrected chi connectivity index (χ1v) is 9.59. The monoisotopic (exact) mass is 377 g/mol. The van der Waals surface area contributed by atoms with Gasteiger partial charge in [-0.1, -0.05) is 11.8 Å². The highest BCUT2D eigenvalue weighted by Crippen LogP contribution is 2.20. The van der Waals surface area contributed by atoms with E-state index in [0.29, 0.717) is 11.0 Å². The molecule has 0 aliphatic carbocycles. The van der Waals surface area contributed by atoms with Crippen molar-refractivity contribution in [2.24, 2.45) is 0 Å². The molecule has 25 heavy (non-hydrogen) atoms. The maximum absolute atomic E-state index is 13.2. The summed E-state index contributed by atoms with van der Waals surface area (Å²) in [4.78, 5) is 16.4. The Kier molecular flexibility index (Phi) is 5.44. The Morgan fingerprint density at radius 3 is 2.72 bits per heavy atom. The summed E-state index contributed by atoms with van der Waals surface area (Å²) in [5.74, 6) is 0.138. The van der Waals surface area contributed by atoms with Crippen LogP contribution in [0.25, 0.3) is 5.69 Å². The van der Waals surface area contributed by atoms with E-state index in [1.807, 2.05) is 18.6 Å². The number of aryl methyl sites for hydroxylation is 1. The lowest BCUT2D eigenvalue weighted by Gasteiger charge is -2.10. The topological polar surface area (TPSA) is 72.7 Å². The van der Waals surface area contributed by atoms with Crippen molar-refractivity contribution in [3.63, 3.8) is 0 Å². The van der Waals surface area contributed by atoms with Crippen molar-refractivity contribution < 1.29 is 9.18 Å². The van der Waals surface area contributed by atoms with Gasteiger partial charge in [0.05, 0.1) is 23.7 Å². The molecular formula is C16H16FN5OS2. The molecular weight excluding hydrogens is 361 g/mol. The van der Waals surface area contributed by atoms with Crippen LogP contribution in [-0.4, -0.2) is 31.9 Å². The number of thioether (sulfide) groups is 1. The third kappa shape index (κ3) is 4.23. The van der Waals surface area contributed by atoms with E-state index in [-0.39, 0.29) is 24.7 Å². The molecule has 1 N–H and O–H groups in total. The summed E-state index contributed by atoms with van der Waals surface area (Å²) in [6.45, 7) is 2.13. The molecule has 2 heterocycles. The second kappa shape index (κ2) is 7.75. The van der Waals surface area contributed by atoms with E-state index >= 15 is 0 Å². The first-order chi connectivity index (χ1) is 12.1. The van der Waals surface area contributed by atoms with E-state index in [1.54, 1.807) is 16.7 Å². The fourth-order valence-corrected chi connectivity index (χ4v) is 3.42. The van der Waals surface area contributed by atoms with Crippen LogP contribution in [0.15, 0.2) is 34.8 Å². The second-order valence-electron chi connectivity index (χ2n) is 5.23. The molecule has 3 rings (SSSR count). The number of halogens is 1. The number of amides is 1. The largest absolute Gasteiger partial charge is 0.348 e. The van der Waals surface area contributed by atoms with Gasteiger partial charge in [-0.25, -0.2) is 9.37 Å². The Bertz CT molecular complexity index is 875. The molecule has 1 aromatic carbocycles. The highest BCUT2D eigenvalue weighted by Gasteiger charge is 2.15. The molecule has 0 unspecified atom stereocenters. The average Bonchev–Trinajstić information content (AvgIpc) is 3.19. The number of carbonyl (C=O) groups is 1. The minimum Gasteiger partial charge on any atom is -0.348 e. The van der Waals surface area contributed by atoms with E-state index in [0.717, 1.165) is 16.4 Å². The lowest BCUT2D eigenvalue weighted by atomic mass is 10.3. The number of carbonyl (C=O) groups excluding carboxylic acids is 1. The van der Waals surface area contributed by atoms with Crippen molar-refractivity contribution in [3.05, 3.63) is 52.0 Å². The molecule has 3 aromatic rings.